The minimum atomic E-state index is -3.55. The highest BCUT2D eigenvalue weighted by atomic mass is 32.2. The molecule has 2 aromatic carbocycles. The predicted octanol–water partition coefficient (Wildman–Crippen LogP) is 3.15. The lowest BCUT2D eigenvalue weighted by Gasteiger charge is -2.17. The van der Waals surface area contributed by atoms with Gasteiger partial charge in [0.15, 0.2) is 0 Å². The van der Waals surface area contributed by atoms with Gasteiger partial charge in [0, 0.05) is 25.2 Å². The van der Waals surface area contributed by atoms with Gasteiger partial charge in [0.25, 0.3) is 5.91 Å². The Balaban J connectivity index is 1.61. The van der Waals surface area contributed by atoms with Crippen molar-refractivity contribution < 1.29 is 17.9 Å². The van der Waals surface area contributed by atoms with Crippen LogP contribution in [0.2, 0.25) is 0 Å². The molecule has 1 fully saturated rings. The van der Waals surface area contributed by atoms with Crippen LogP contribution in [0.3, 0.4) is 0 Å². The molecule has 1 heterocycles. The van der Waals surface area contributed by atoms with Crippen molar-refractivity contribution in [2.45, 2.75) is 37.5 Å². The zero-order valence-electron chi connectivity index (χ0n) is 17.0. The number of aryl methyl sites for hydroxylation is 2. The van der Waals surface area contributed by atoms with E-state index in [1.165, 1.54) is 10.4 Å². The fraction of sp³-hybridized carbons (Fsp3) is 0.409. The number of nitrogens with one attached hydrogen (secondary N) is 1. The quantitative estimate of drug-likeness (QED) is 0.671. The van der Waals surface area contributed by atoms with Crippen molar-refractivity contribution in [2.24, 2.45) is 0 Å². The van der Waals surface area contributed by atoms with E-state index in [0.717, 1.165) is 37.0 Å². The van der Waals surface area contributed by atoms with Gasteiger partial charge in [0.05, 0.1) is 12.0 Å². The summed E-state index contributed by atoms with van der Waals surface area (Å²) in [6.07, 6.45) is 3.36. The number of carbonyl (C=O) groups is 1. The fourth-order valence-electron chi connectivity index (χ4n) is 3.51. The lowest BCUT2D eigenvalue weighted by Crippen LogP contribution is -2.29. The lowest BCUT2D eigenvalue weighted by molar-refractivity contribution is 0.0953. The normalized spacial score (nSPS) is 14.7. The number of rotatable bonds is 8. The number of benzene rings is 2. The van der Waals surface area contributed by atoms with Crippen molar-refractivity contribution in [3.8, 4) is 5.75 Å². The highest BCUT2D eigenvalue weighted by molar-refractivity contribution is 7.89. The second kappa shape index (κ2) is 9.41. The Bertz CT molecular complexity index is 967. The number of methoxy groups -OCH3 is 1. The highest BCUT2D eigenvalue weighted by Gasteiger charge is 2.29. The summed E-state index contributed by atoms with van der Waals surface area (Å²) in [6, 6.07) is 12.7. The minimum Gasteiger partial charge on any atom is -0.497 e. The number of carbonyl (C=O) groups excluding carboxylic acids is 1. The molecule has 0 aromatic heterocycles. The van der Waals surface area contributed by atoms with E-state index in [4.69, 9.17) is 4.74 Å². The van der Waals surface area contributed by atoms with Gasteiger partial charge in [-0.05, 0) is 68.0 Å². The summed E-state index contributed by atoms with van der Waals surface area (Å²) in [4.78, 5) is 12.8. The van der Waals surface area contributed by atoms with E-state index in [-0.39, 0.29) is 10.8 Å². The Morgan fingerprint density at radius 1 is 1.14 bits per heavy atom. The van der Waals surface area contributed by atoms with Gasteiger partial charge in [0.1, 0.15) is 5.75 Å². The molecule has 0 atom stereocenters. The predicted molar refractivity (Wildman–Crippen MR) is 113 cm³/mol. The first-order valence-corrected chi connectivity index (χ1v) is 11.4. The number of amides is 1. The summed E-state index contributed by atoms with van der Waals surface area (Å²) < 4.78 is 32.5. The number of sulfonamides is 1. The van der Waals surface area contributed by atoms with E-state index in [9.17, 15) is 13.2 Å². The van der Waals surface area contributed by atoms with Crippen molar-refractivity contribution in [3.05, 3.63) is 59.2 Å². The maximum absolute atomic E-state index is 12.9. The van der Waals surface area contributed by atoms with Crippen molar-refractivity contribution >= 4 is 15.9 Å². The standard InChI is InChI=1S/C22H28N2O4S/c1-17-10-11-19(16-21(17)29(26,27)24-13-3-4-14-24)22(25)23-12-6-8-18-7-5-9-20(15-18)28-2/h5,7,9-11,15-16H,3-4,6,8,12-14H2,1-2H3,(H,23,25). The first-order chi connectivity index (χ1) is 13.9. The van der Waals surface area contributed by atoms with E-state index in [1.54, 1.807) is 26.2 Å². The van der Waals surface area contributed by atoms with Gasteiger partial charge >= 0.3 is 0 Å². The van der Waals surface area contributed by atoms with Gasteiger partial charge in [-0.25, -0.2) is 8.42 Å². The Hall–Kier alpha value is -2.38. The van der Waals surface area contributed by atoms with E-state index >= 15 is 0 Å². The Morgan fingerprint density at radius 2 is 1.90 bits per heavy atom. The Kier molecular flexibility index (Phi) is 6.92. The summed E-state index contributed by atoms with van der Waals surface area (Å²) in [7, 11) is -1.91. The fourth-order valence-corrected chi connectivity index (χ4v) is 5.28. The molecule has 0 aliphatic carbocycles. The second-order valence-corrected chi connectivity index (χ2v) is 9.21. The zero-order valence-corrected chi connectivity index (χ0v) is 17.8. The first-order valence-electron chi connectivity index (χ1n) is 9.94. The molecule has 3 rings (SSSR count). The summed E-state index contributed by atoms with van der Waals surface area (Å²) in [5, 5.41) is 2.89. The molecule has 2 aromatic rings. The average molecular weight is 417 g/mol. The molecule has 1 saturated heterocycles. The molecule has 1 amide bonds. The molecular formula is C22H28N2O4S. The third kappa shape index (κ3) is 5.16. The number of nitrogens with zero attached hydrogens (tertiary/aromatic N) is 1. The maximum atomic E-state index is 12.9. The van der Waals surface area contributed by atoms with Crippen LogP contribution in [0.1, 0.15) is 40.7 Å². The monoisotopic (exact) mass is 416 g/mol. The largest absolute Gasteiger partial charge is 0.497 e. The maximum Gasteiger partial charge on any atom is 0.251 e. The van der Waals surface area contributed by atoms with E-state index < -0.39 is 10.0 Å². The first kappa shape index (κ1) is 21.3. The molecular weight excluding hydrogens is 388 g/mol. The Morgan fingerprint density at radius 3 is 2.62 bits per heavy atom. The molecule has 156 valence electrons. The second-order valence-electron chi connectivity index (χ2n) is 7.30. The third-order valence-electron chi connectivity index (χ3n) is 5.20. The molecule has 29 heavy (non-hydrogen) atoms. The van der Waals surface area contributed by atoms with Gasteiger partial charge in [0.2, 0.25) is 10.0 Å². The molecule has 1 N–H and O–H groups in total. The molecule has 7 heteroatoms. The van der Waals surface area contributed by atoms with Gasteiger partial charge in [-0.1, -0.05) is 18.2 Å². The van der Waals surface area contributed by atoms with Crippen molar-refractivity contribution in [2.75, 3.05) is 26.7 Å². The van der Waals surface area contributed by atoms with Gasteiger partial charge in [-0.3, -0.25) is 4.79 Å². The Labute approximate surface area is 172 Å². The SMILES string of the molecule is COc1cccc(CCCNC(=O)c2ccc(C)c(S(=O)(=O)N3CCCC3)c2)c1. The van der Waals surface area contributed by atoms with Crippen LogP contribution in [0.25, 0.3) is 0 Å². The number of hydrogen-bond donors (Lipinski definition) is 1. The number of ether oxygens (including phenoxy) is 1. The van der Waals surface area contributed by atoms with Crippen LogP contribution in [-0.4, -0.2) is 45.4 Å². The lowest BCUT2D eigenvalue weighted by atomic mass is 10.1. The van der Waals surface area contributed by atoms with Crippen LogP contribution in [-0.2, 0) is 16.4 Å². The highest BCUT2D eigenvalue weighted by Crippen LogP contribution is 2.24. The summed E-state index contributed by atoms with van der Waals surface area (Å²) in [6.45, 7) is 3.36. The summed E-state index contributed by atoms with van der Waals surface area (Å²) in [5.74, 6) is 0.562. The van der Waals surface area contributed by atoms with Crippen LogP contribution in [0, 0.1) is 6.92 Å². The van der Waals surface area contributed by atoms with Gasteiger partial charge < -0.3 is 10.1 Å². The van der Waals surface area contributed by atoms with Crippen LogP contribution in [0.5, 0.6) is 5.75 Å². The molecule has 0 spiro atoms. The van der Waals surface area contributed by atoms with Crippen molar-refractivity contribution in [1.82, 2.24) is 9.62 Å². The summed E-state index contributed by atoms with van der Waals surface area (Å²) >= 11 is 0. The smallest absolute Gasteiger partial charge is 0.251 e. The third-order valence-corrected chi connectivity index (χ3v) is 7.24. The molecule has 0 unspecified atom stereocenters. The molecule has 6 nitrogen and oxygen atoms in total. The van der Waals surface area contributed by atoms with Crippen LogP contribution in [0.15, 0.2) is 47.4 Å². The zero-order chi connectivity index (χ0) is 20.9. The molecule has 0 bridgehead atoms. The van der Waals surface area contributed by atoms with Crippen LogP contribution >= 0.6 is 0 Å². The van der Waals surface area contributed by atoms with E-state index in [1.807, 2.05) is 24.3 Å². The average Bonchev–Trinajstić information content (AvgIpc) is 3.27. The minimum absolute atomic E-state index is 0.225. The van der Waals surface area contributed by atoms with E-state index in [0.29, 0.717) is 30.8 Å². The van der Waals surface area contributed by atoms with Crippen molar-refractivity contribution in [1.29, 1.82) is 0 Å². The molecule has 1 aliphatic rings. The topological polar surface area (TPSA) is 75.7 Å². The van der Waals surface area contributed by atoms with Gasteiger partial charge in [-0.2, -0.15) is 4.31 Å². The summed E-state index contributed by atoms with van der Waals surface area (Å²) in [5.41, 5.74) is 2.18. The van der Waals surface area contributed by atoms with Gasteiger partial charge in [-0.15, -0.1) is 0 Å². The molecule has 0 radical (unpaired) electrons. The molecule has 1 aliphatic heterocycles. The van der Waals surface area contributed by atoms with E-state index in [2.05, 4.69) is 5.32 Å². The van der Waals surface area contributed by atoms with Crippen molar-refractivity contribution in [3.63, 3.8) is 0 Å². The number of hydrogen-bond acceptors (Lipinski definition) is 4. The van der Waals surface area contributed by atoms with Crippen LogP contribution in [0.4, 0.5) is 0 Å². The van der Waals surface area contributed by atoms with Crippen LogP contribution < -0.4 is 10.1 Å². The molecule has 0 saturated carbocycles.